The van der Waals surface area contributed by atoms with Crippen molar-refractivity contribution in [1.82, 2.24) is 10.2 Å². The highest BCUT2D eigenvalue weighted by atomic mass is 16.7. The minimum Gasteiger partial charge on any atom is -0.473 e. The molecule has 8 nitrogen and oxygen atoms in total. The molecular weight excluding hydrogens is 326 g/mol. The summed E-state index contributed by atoms with van der Waals surface area (Å²) in [4.78, 5) is 28.2. The third-order valence-electron chi connectivity index (χ3n) is 3.00. The molecule has 2 aromatic rings. The van der Waals surface area contributed by atoms with Crippen molar-refractivity contribution in [2.24, 2.45) is 5.73 Å². The van der Waals surface area contributed by atoms with E-state index in [0.717, 1.165) is 5.06 Å². The van der Waals surface area contributed by atoms with Crippen LogP contribution in [0.2, 0.25) is 0 Å². The number of primary amides is 1. The van der Waals surface area contributed by atoms with Gasteiger partial charge in [-0.15, -0.1) is 0 Å². The van der Waals surface area contributed by atoms with Gasteiger partial charge < -0.3 is 15.0 Å². The lowest BCUT2D eigenvalue weighted by atomic mass is 10.1. The topological polar surface area (TPSA) is 108 Å². The summed E-state index contributed by atoms with van der Waals surface area (Å²) in [6.45, 7) is 5.65. The van der Waals surface area contributed by atoms with Crippen LogP contribution in [0.25, 0.3) is 11.3 Å². The molecule has 0 radical (unpaired) electrons. The van der Waals surface area contributed by atoms with Crippen molar-refractivity contribution in [3.63, 3.8) is 0 Å². The molecule has 0 aliphatic heterocycles. The Bertz CT molecular complexity index is 722. The van der Waals surface area contributed by atoms with E-state index in [1.54, 1.807) is 24.3 Å². The summed E-state index contributed by atoms with van der Waals surface area (Å²) in [5.74, 6) is -0.498. The van der Waals surface area contributed by atoms with Crippen LogP contribution in [0.15, 0.2) is 34.9 Å². The van der Waals surface area contributed by atoms with Gasteiger partial charge in [-0.25, -0.2) is 5.06 Å². The third kappa shape index (κ3) is 5.05. The number of hydrogen-bond donors (Lipinski definition) is 1. The Morgan fingerprint density at radius 3 is 2.56 bits per heavy atom. The zero-order valence-electron chi connectivity index (χ0n) is 14.4. The second-order valence-corrected chi connectivity index (χ2v) is 6.22. The third-order valence-corrected chi connectivity index (χ3v) is 3.00. The van der Waals surface area contributed by atoms with Gasteiger partial charge in [0.2, 0.25) is 6.41 Å². The molecule has 1 aromatic heterocycles. The smallest absolute Gasteiger partial charge is 0.267 e. The van der Waals surface area contributed by atoms with Gasteiger partial charge >= 0.3 is 0 Å². The van der Waals surface area contributed by atoms with Gasteiger partial charge in [0, 0.05) is 5.56 Å². The first-order chi connectivity index (χ1) is 11.8. The van der Waals surface area contributed by atoms with Crippen molar-refractivity contribution >= 4 is 12.3 Å². The number of carbonyl (C=O) groups is 2. The number of hydrogen-bond acceptors (Lipinski definition) is 6. The van der Waals surface area contributed by atoms with Gasteiger partial charge in [-0.2, -0.15) is 0 Å². The minimum atomic E-state index is -0.715. The monoisotopic (exact) mass is 347 g/mol. The highest BCUT2D eigenvalue weighted by Crippen LogP contribution is 2.30. The molecule has 2 N–H and O–H groups in total. The second-order valence-electron chi connectivity index (χ2n) is 6.22. The van der Waals surface area contributed by atoms with Gasteiger partial charge in [0.05, 0.1) is 12.1 Å². The molecule has 0 saturated heterocycles. The summed E-state index contributed by atoms with van der Waals surface area (Å²) >= 11 is 0. The van der Waals surface area contributed by atoms with Crippen molar-refractivity contribution < 1.29 is 23.7 Å². The summed E-state index contributed by atoms with van der Waals surface area (Å²) in [5.41, 5.74) is 5.62. The first-order valence-corrected chi connectivity index (χ1v) is 7.70. The summed E-state index contributed by atoms with van der Waals surface area (Å²) in [7, 11) is 0. The predicted octanol–water partition coefficient (Wildman–Crippen LogP) is 2.01. The molecule has 134 valence electrons. The molecule has 2 amide bonds. The summed E-state index contributed by atoms with van der Waals surface area (Å²) in [5, 5.41) is 4.88. The van der Waals surface area contributed by atoms with Crippen LogP contribution >= 0.6 is 0 Å². The van der Waals surface area contributed by atoms with E-state index in [0.29, 0.717) is 12.0 Å². The molecule has 8 heteroatoms. The second kappa shape index (κ2) is 7.80. The van der Waals surface area contributed by atoms with Crippen LogP contribution in [0.1, 0.15) is 31.1 Å². The molecular formula is C17H21N3O5. The molecule has 0 bridgehead atoms. The Balaban J connectivity index is 2.09. The van der Waals surface area contributed by atoms with Crippen molar-refractivity contribution in [2.45, 2.75) is 26.4 Å². The SMILES string of the molecule is CC(C)(C)ON(C=O)CCOc1noc(-c2ccccc2)c1C(N)=O. The van der Waals surface area contributed by atoms with Crippen molar-refractivity contribution in [1.29, 1.82) is 0 Å². The zero-order chi connectivity index (χ0) is 18.4. The number of nitrogens with two attached hydrogens (primary N) is 1. The molecule has 0 aliphatic carbocycles. The lowest BCUT2D eigenvalue weighted by molar-refractivity contribution is -0.217. The van der Waals surface area contributed by atoms with E-state index in [9.17, 15) is 9.59 Å². The number of rotatable bonds is 8. The number of nitrogens with zero attached hydrogens (tertiary/aromatic N) is 2. The zero-order valence-corrected chi connectivity index (χ0v) is 14.4. The van der Waals surface area contributed by atoms with Gasteiger partial charge in [0.1, 0.15) is 6.61 Å². The van der Waals surface area contributed by atoms with Crippen LogP contribution in [0.5, 0.6) is 5.88 Å². The van der Waals surface area contributed by atoms with Crippen molar-refractivity contribution in [3.05, 3.63) is 35.9 Å². The van der Waals surface area contributed by atoms with Crippen LogP contribution in [-0.4, -0.2) is 41.3 Å². The first-order valence-electron chi connectivity index (χ1n) is 7.70. The maximum absolute atomic E-state index is 11.8. The Morgan fingerprint density at radius 2 is 2.00 bits per heavy atom. The Kier molecular flexibility index (Phi) is 5.76. The van der Waals surface area contributed by atoms with E-state index in [4.69, 9.17) is 19.8 Å². The van der Waals surface area contributed by atoms with Gasteiger partial charge in [0.15, 0.2) is 11.3 Å². The largest absolute Gasteiger partial charge is 0.473 e. The van der Waals surface area contributed by atoms with E-state index in [1.165, 1.54) is 0 Å². The van der Waals surface area contributed by atoms with Crippen molar-refractivity contribution in [3.8, 4) is 17.2 Å². The van der Waals surface area contributed by atoms with E-state index in [1.807, 2.05) is 26.8 Å². The number of ether oxygens (including phenoxy) is 1. The number of hydroxylamine groups is 2. The summed E-state index contributed by atoms with van der Waals surface area (Å²) in [6.07, 6.45) is 0.557. The molecule has 0 unspecified atom stereocenters. The number of amides is 2. The highest BCUT2D eigenvalue weighted by Gasteiger charge is 2.24. The number of benzene rings is 1. The fourth-order valence-electron chi connectivity index (χ4n) is 2.08. The summed E-state index contributed by atoms with van der Waals surface area (Å²) in [6, 6.07) is 8.97. The predicted molar refractivity (Wildman–Crippen MR) is 89.6 cm³/mol. The quantitative estimate of drug-likeness (QED) is 0.578. The molecule has 25 heavy (non-hydrogen) atoms. The van der Waals surface area contributed by atoms with Gasteiger partial charge in [0.25, 0.3) is 11.8 Å². The van der Waals surface area contributed by atoms with E-state index < -0.39 is 11.5 Å². The van der Waals surface area contributed by atoms with Crippen molar-refractivity contribution in [2.75, 3.05) is 13.2 Å². The molecule has 0 fully saturated rings. The first kappa shape index (κ1) is 18.5. The standard InChI is InChI=1S/C17H21N3O5/c1-17(2,3)25-20(11-21)9-10-23-16-13(15(18)22)14(24-19-16)12-7-5-4-6-8-12/h4-8,11H,9-10H2,1-3H3,(H2,18,22). The van der Waals surface area contributed by atoms with Crippen LogP contribution < -0.4 is 10.5 Å². The Hall–Kier alpha value is -2.87. The van der Waals surface area contributed by atoms with Crippen LogP contribution in [0, 0.1) is 0 Å². The highest BCUT2D eigenvalue weighted by molar-refractivity contribution is 6.00. The molecule has 0 atom stereocenters. The number of aromatic nitrogens is 1. The fourth-order valence-corrected chi connectivity index (χ4v) is 2.08. The maximum Gasteiger partial charge on any atom is 0.267 e. The lowest BCUT2D eigenvalue weighted by Gasteiger charge is -2.26. The average Bonchev–Trinajstić information content (AvgIpc) is 2.97. The maximum atomic E-state index is 11.8. The van der Waals surface area contributed by atoms with Gasteiger partial charge in [-0.3, -0.25) is 14.4 Å². The number of carbonyl (C=O) groups excluding carboxylic acids is 2. The van der Waals surface area contributed by atoms with Crippen LogP contribution in [-0.2, 0) is 9.63 Å². The molecule has 1 heterocycles. The Labute approximate surface area is 145 Å². The fraction of sp³-hybridized carbons (Fsp3) is 0.353. The minimum absolute atomic E-state index is 0.0204. The summed E-state index contributed by atoms with van der Waals surface area (Å²) < 4.78 is 10.7. The molecule has 0 spiro atoms. The average molecular weight is 347 g/mol. The van der Waals surface area contributed by atoms with E-state index in [2.05, 4.69) is 5.16 Å². The van der Waals surface area contributed by atoms with E-state index in [-0.39, 0.29) is 30.4 Å². The van der Waals surface area contributed by atoms with Gasteiger partial charge in [-0.1, -0.05) is 30.3 Å². The van der Waals surface area contributed by atoms with Crippen LogP contribution in [0.4, 0.5) is 0 Å². The van der Waals surface area contributed by atoms with E-state index >= 15 is 0 Å². The Morgan fingerprint density at radius 1 is 1.32 bits per heavy atom. The molecule has 1 aromatic carbocycles. The molecule has 0 saturated carbocycles. The molecule has 0 aliphatic rings. The lowest BCUT2D eigenvalue weighted by Crippen LogP contribution is -2.35. The molecule has 2 rings (SSSR count). The van der Waals surface area contributed by atoms with Crippen LogP contribution in [0.3, 0.4) is 0 Å². The normalized spacial score (nSPS) is 11.2. The van der Waals surface area contributed by atoms with Gasteiger partial charge in [-0.05, 0) is 25.9 Å².